The molecule has 1 aliphatic heterocycles. The van der Waals surface area contributed by atoms with Crippen LogP contribution in [-0.4, -0.2) is 17.6 Å². The summed E-state index contributed by atoms with van der Waals surface area (Å²) in [5, 5.41) is 12.0. The van der Waals surface area contributed by atoms with Crippen molar-refractivity contribution >= 4 is 12.0 Å². The topological polar surface area (TPSA) is 49.3 Å². The molecular weight excluding hydrogens is 202 g/mol. The van der Waals surface area contributed by atoms with E-state index in [9.17, 15) is 4.79 Å². The normalized spacial score (nSPS) is 20.4. The van der Waals surface area contributed by atoms with E-state index in [0.717, 1.165) is 18.5 Å². The summed E-state index contributed by atoms with van der Waals surface area (Å²) in [7, 11) is 0. The predicted molar refractivity (Wildman–Crippen MR) is 63.1 cm³/mol. The standard InChI is InChI=1S/C13H15NO2/c15-13(16)8-7-10-4-1-2-5-11(10)12-6-3-9-14-12/h1-2,4-5,7-8,12,14H,3,6,9H2,(H,15,16)/b8-7+/t12-/m1/s1. The van der Waals surface area contributed by atoms with Crippen molar-refractivity contribution < 1.29 is 9.90 Å². The Morgan fingerprint density at radius 3 is 2.94 bits per heavy atom. The molecule has 2 rings (SSSR count). The van der Waals surface area contributed by atoms with Gasteiger partial charge in [0.05, 0.1) is 0 Å². The van der Waals surface area contributed by atoms with Crippen LogP contribution in [0.15, 0.2) is 30.3 Å². The Morgan fingerprint density at radius 2 is 2.25 bits per heavy atom. The van der Waals surface area contributed by atoms with Crippen LogP contribution in [-0.2, 0) is 4.79 Å². The van der Waals surface area contributed by atoms with Crippen LogP contribution in [0.3, 0.4) is 0 Å². The van der Waals surface area contributed by atoms with Crippen molar-refractivity contribution in [1.82, 2.24) is 5.32 Å². The number of carboxylic acid groups (broad SMARTS) is 1. The molecule has 0 radical (unpaired) electrons. The van der Waals surface area contributed by atoms with Crippen LogP contribution in [0.2, 0.25) is 0 Å². The summed E-state index contributed by atoms with van der Waals surface area (Å²) in [6.45, 7) is 1.04. The second-order valence-corrected chi connectivity index (χ2v) is 3.95. The number of carbonyl (C=O) groups is 1. The van der Waals surface area contributed by atoms with Crippen LogP contribution in [0.4, 0.5) is 0 Å². The van der Waals surface area contributed by atoms with Crippen LogP contribution in [0.1, 0.15) is 30.0 Å². The third-order valence-electron chi connectivity index (χ3n) is 2.84. The van der Waals surface area contributed by atoms with Gasteiger partial charge >= 0.3 is 5.97 Å². The predicted octanol–water partition coefficient (Wildman–Crippen LogP) is 2.21. The summed E-state index contributed by atoms with van der Waals surface area (Å²) in [5.41, 5.74) is 2.18. The van der Waals surface area contributed by atoms with Crippen LogP contribution in [0.25, 0.3) is 6.08 Å². The van der Waals surface area contributed by atoms with Crippen molar-refractivity contribution in [2.45, 2.75) is 18.9 Å². The number of hydrogen-bond donors (Lipinski definition) is 2. The molecule has 0 spiro atoms. The van der Waals surface area contributed by atoms with Crippen LogP contribution >= 0.6 is 0 Å². The van der Waals surface area contributed by atoms with Gasteiger partial charge in [-0.15, -0.1) is 0 Å². The zero-order valence-corrected chi connectivity index (χ0v) is 9.02. The molecule has 1 fully saturated rings. The lowest BCUT2D eigenvalue weighted by atomic mass is 9.99. The molecular formula is C13H15NO2. The van der Waals surface area contributed by atoms with Gasteiger partial charge in [0.1, 0.15) is 0 Å². The maximum Gasteiger partial charge on any atom is 0.328 e. The van der Waals surface area contributed by atoms with Crippen molar-refractivity contribution in [2.75, 3.05) is 6.54 Å². The lowest BCUT2D eigenvalue weighted by Gasteiger charge is -2.13. The fourth-order valence-electron chi connectivity index (χ4n) is 2.09. The molecule has 84 valence electrons. The van der Waals surface area contributed by atoms with Gasteiger partial charge in [0.2, 0.25) is 0 Å². The van der Waals surface area contributed by atoms with E-state index < -0.39 is 5.97 Å². The van der Waals surface area contributed by atoms with E-state index >= 15 is 0 Å². The molecule has 0 saturated carbocycles. The fourth-order valence-corrected chi connectivity index (χ4v) is 2.09. The van der Waals surface area contributed by atoms with E-state index in [-0.39, 0.29) is 0 Å². The highest BCUT2D eigenvalue weighted by molar-refractivity contribution is 5.85. The SMILES string of the molecule is O=C(O)/C=C/c1ccccc1[C@H]1CCCN1. The quantitative estimate of drug-likeness (QED) is 0.763. The van der Waals surface area contributed by atoms with Crippen LogP contribution in [0.5, 0.6) is 0 Å². The van der Waals surface area contributed by atoms with Gasteiger partial charge < -0.3 is 10.4 Å². The lowest BCUT2D eigenvalue weighted by molar-refractivity contribution is -0.131. The Bertz CT molecular complexity index is 406. The van der Waals surface area contributed by atoms with Crippen molar-refractivity contribution in [3.8, 4) is 0 Å². The molecule has 0 aromatic heterocycles. The van der Waals surface area contributed by atoms with Crippen molar-refractivity contribution in [3.05, 3.63) is 41.5 Å². The molecule has 16 heavy (non-hydrogen) atoms. The summed E-state index contributed by atoms with van der Waals surface area (Å²) < 4.78 is 0. The highest BCUT2D eigenvalue weighted by Gasteiger charge is 2.17. The van der Waals surface area contributed by atoms with Crippen molar-refractivity contribution in [3.63, 3.8) is 0 Å². The van der Waals surface area contributed by atoms with E-state index in [4.69, 9.17) is 5.11 Å². The minimum atomic E-state index is -0.908. The largest absolute Gasteiger partial charge is 0.478 e. The fraction of sp³-hybridized carbons (Fsp3) is 0.308. The first kappa shape index (κ1) is 10.9. The monoisotopic (exact) mass is 217 g/mol. The molecule has 1 saturated heterocycles. The third kappa shape index (κ3) is 2.49. The number of hydrogen-bond acceptors (Lipinski definition) is 2. The molecule has 1 aliphatic rings. The van der Waals surface area contributed by atoms with Crippen molar-refractivity contribution in [2.24, 2.45) is 0 Å². The van der Waals surface area contributed by atoms with E-state index in [1.165, 1.54) is 18.1 Å². The highest BCUT2D eigenvalue weighted by atomic mass is 16.4. The van der Waals surface area contributed by atoms with Gasteiger partial charge in [-0.25, -0.2) is 4.79 Å². The number of benzene rings is 1. The van der Waals surface area contributed by atoms with E-state index in [1.54, 1.807) is 6.08 Å². The average Bonchev–Trinajstić information content (AvgIpc) is 2.80. The molecule has 0 aliphatic carbocycles. The van der Waals surface area contributed by atoms with Gasteiger partial charge in [-0.2, -0.15) is 0 Å². The third-order valence-corrected chi connectivity index (χ3v) is 2.84. The molecule has 1 aromatic carbocycles. The van der Waals surface area contributed by atoms with E-state index in [0.29, 0.717) is 6.04 Å². The average molecular weight is 217 g/mol. The molecule has 0 bridgehead atoms. The van der Waals surface area contributed by atoms with Gasteiger partial charge in [-0.1, -0.05) is 24.3 Å². The van der Waals surface area contributed by atoms with Crippen molar-refractivity contribution in [1.29, 1.82) is 0 Å². The van der Waals surface area contributed by atoms with Gasteiger partial charge in [0.25, 0.3) is 0 Å². The van der Waals surface area contributed by atoms with E-state index in [2.05, 4.69) is 11.4 Å². The molecule has 1 heterocycles. The first-order valence-corrected chi connectivity index (χ1v) is 5.50. The molecule has 2 N–H and O–H groups in total. The number of carboxylic acids is 1. The summed E-state index contributed by atoms with van der Waals surface area (Å²) in [6, 6.07) is 8.31. The molecule has 0 amide bonds. The zero-order chi connectivity index (χ0) is 11.4. The molecule has 0 unspecified atom stereocenters. The number of nitrogens with one attached hydrogen (secondary N) is 1. The molecule has 1 aromatic rings. The zero-order valence-electron chi connectivity index (χ0n) is 9.02. The first-order chi connectivity index (χ1) is 7.77. The maximum absolute atomic E-state index is 10.5. The lowest BCUT2D eigenvalue weighted by Crippen LogP contribution is -2.13. The second kappa shape index (κ2) is 4.94. The Hall–Kier alpha value is -1.61. The Morgan fingerprint density at radius 1 is 1.44 bits per heavy atom. The molecule has 3 heteroatoms. The Balaban J connectivity index is 2.26. The van der Waals surface area contributed by atoms with Gasteiger partial charge in [-0.3, -0.25) is 0 Å². The minimum absolute atomic E-state index is 0.370. The number of rotatable bonds is 3. The van der Waals surface area contributed by atoms with Crippen LogP contribution < -0.4 is 5.32 Å². The molecule has 3 nitrogen and oxygen atoms in total. The van der Waals surface area contributed by atoms with Crippen LogP contribution in [0, 0.1) is 0 Å². The van der Waals surface area contributed by atoms with Gasteiger partial charge in [0.15, 0.2) is 0 Å². The van der Waals surface area contributed by atoms with Gasteiger partial charge in [-0.05, 0) is 36.6 Å². The number of aliphatic carboxylic acids is 1. The van der Waals surface area contributed by atoms with E-state index in [1.807, 2.05) is 18.2 Å². The summed E-state index contributed by atoms with van der Waals surface area (Å²) in [4.78, 5) is 10.5. The maximum atomic E-state index is 10.5. The first-order valence-electron chi connectivity index (χ1n) is 5.50. The molecule has 1 atom stereocenters. The summed E-state index contributed by atoms with van der Waals surface area (Å²) >= 11 is 0. The Kier molecular flexibility index (Phi) is 3.37. The highest BCUT2D eigenvalue weighted by Crippen LogP contribution is 2.26. The summed E-state index contributed by atoms with van der Waals surface area (Å²) in [5.74, 6) is -0.908. The Labute approximate surface area is 94.8 Å². The second-order valence-electron chi connectivity index (χ2n) is 3.95. The minimum Gasteiger partial charge on any atom is -0.478 e. The van der Waals surface area contributed by atoms with Gasteiger partial charge in [0, 0.05) is 12.1 Å². The summed E-state index contributed by atoms with van der Waals surface area (Å²) in [6.07, 6.45) is 5.16. The smallest absolute Gasteiger partial charge is 0.328 e.